The maximum absolute atomic E-state index is 10.8. The third-order valence-corrected chi connectivity index (χ3v) is 3.82. The number of hydrogen-bond donors (Lipinski definition) is 0. The molecule has 0 bridgehead atoms. The second-order valence-corrected chi connectivity index (χ2v) is 5.29. The lowest BCUT2D eigenvalue weighted by Crippen LogP contribution is -2.54. The molecule has 1 aromatic carbocycles. The number of aliphatic carboxylic acids is 1. The largest absolute Gasteiger partial charge is 0.548 e. The predicted octanol–water partition coefficient (Wildman–Crippen LogP) is 0.251. The molecule has 1 aliphatic rings. The summed E-state index contributed by atoms with van der Waals surface area (Å²) in [6.07, 6.45) is 0. The Bertz CT molecular complexity index is 422. The van der Waals surface area contributed by atoms with Gasteiger partial charge in [-0.05, 0) is 19.4 Å². The van der Waals surface area contributed by atoms with Gasteiger partial charge in [0.15, 0.2) is 0 Å². The van der Waals surface area contributed by atoms with Gasteiger partial charge < -0.3 is 9.90 Å². The average Bonchev–Trinajstić information content (AvgIpc) is 2.41. The van der Waals surface area contributed by atoms with E-state index in [2.05, 4.69) is 36.1 Å². The molecule has 1 atom stereocenters. The van der Waals surface area contributed by atoms with Crippen LogP contribution in [0.5, 0.6) is 0 Å². The molecular formula is C15H21N2O2-. The maximum Gasteiger partial charge on any atom is 0.0583 e. The smallest absolute Gasteiger partial charge is 0.0583 e. The average molecular weight is 261 g/mol. The molecule has 104 valence electrons. The summed E-state index contributed by atoms with van der Waals surface area (Å²) in [6.45, 7) is 8.13. The van der Waals surface area contributed by atoms with Gasteiger partial charge >= 0.3 is 0 Å². The van der Waals surface area contributed by atoms with E-state index in [9.17, 15) is 9.90 Å². The first-order valence-electron chi connectivity index (χ1n) is 6.79. The van der Waals surface area contributed by atoms with E-state index >= 15 is 0 Å². The number of aryl methyl sites for hydroxylation is 1. The van der Waals surface area contributed by atoms with Crippen LogP contribution in [0.3, 0.4) is 0 Å². The second-order valence-electron chi connectivity index (χ2n) is 5.29. The molecule has 1 fully saturated rings. The van der Waals surface area contributed by atoms with Crippen molar-refractivity contribution in [1.29, 1.82) is 0 Å². The minimum absolute atomic E-state index is 0.485. The van der Waals surface area contributed by atoms with E-state index in [4.69, 9.17) is 0 Å². The molecule has 1 saturated heterocycles. The molecule has 4 heteroatoms. The molecule has 0 radical (unpaired) electrons. The zero-order chi connectivity index (χ0) is 13.8. The van der Waals surface area contributed by atoms with Gasteiger partial charge in [-0.1, -0.05) is 29.8 Å². The fraction of sp³-hybridized carbons (Fsp3) is 0.533. The highest BCUT2D eigenvalue weighted by molar-refractivity contribution is 5.70. The molecule has 19 heavy (non-hydrogen) atoms. The fourth-order valence-corrected chi connectivity index (χ4v) is 2.41. The van der Waals surface area contributed by atoms with Crippen molar-refractivity contribution in [3.63, 3.8) is 0 Å². The fourth-order valence-electron chi connectivity index (χ4n) is 2.41. The Balaban J connectivity index is 1.83. The monoisotopic (exact) mass is 261 g/mol. The van der Waals surface area contributed by atoms with E-state index in [1.807, 2.05) is 4.90 Å². The molecule has 1 aliphatic heterocycles. The topological polar surface area (TPSA) is 46.6 Å². The number of hydrogen-bond acceptors (Lipinski definition) is 4. The van der Waals surface area contributed by atoms with Crippen molar-refractivity contribution in [2.24, 2.45) is 0 Å². The highest BCUT2D eigenvalue weighted by atomic mass is 16.4. The van der Waals surface area contributed by atoms with Crippen LogP contribution in [0.25, 0.3) is 0 Å². The molecule has 1 heterocycles. The van der Waals surface area contributed by atoms with E-state index in [-0.39, 0.29) is 0 Å². The van der Waals surface area contributed by atoms with Crippen molar-refractivity contribution >= 4 is 5.97 Å². The first kappa shape index (κ1) is 14.0. The minimum Gasteiger partial charge on any atom is -0.548 e. The number of piperazine rings is 1. The minimum atomic E-state index is -0.980. The summed E-state index contributed by atoms with van der Waals surface area (Å²) in [5.41, 5.74) is 2.59. The highest BCUT2D eigenvalue weighted by Gasteiger charge is 2.21. The molecule has 2 rings (SSSR count). The summed E-state index contributed by atoms with van der Waals surface area (Å²) in [4.78, 5) is 15.2. The van der Waals surface area contributed by atoms with Crippen LogP contribution in [0, 0.1) is 6.92 Å². The van der Waals surface area contributed by atoms with Gasteiger partial charge in [-0.15, -0.1) is 0 Å². The molecular weight excluding hydrogens is 240 g/mol. The predicted molar refractivity (Wildman–Crippen MR) is 72.5 cm³/mol. The Hall–Kier alpha value is -1.39. The standard InChI is InChI=1S/C15H22N2O2/c1-12-3-5-14(6-4-12)11-16-7-9-17(10-8-16)13(2)15(18)19/h3-6,13H,7-11H2,1-2H3,(H,18,19)/p-1. The van der Waals surface area contributed by atoms with Gasteiger partial charge in [-0.25, -0.2) is 0 Å². The molecule has 4 nitrogen and oxygen atoms in total. The van der Waals surface area contributed by atoms with Crippen molar-refractivity contribution in [2.75, 3.05) is 26.2 Å². The number of carbonyl (C=O) groups is 1. The molecule has 0 N–H and O–H groups in total. The van der Waals surface area contributed by atoms with Crippen molar-refractivity contribution in [3.8, 4) is 0 Å². The molecule has 0 aromatic heterocycles. The molecule has 0 spiro atoms. The van der Waals surface area contributed by atoms with Crippen LogP contribution in [0.15, 0.2) is 24.3 Å². The van der Waals surface area contributed by atoms with Crippen LogP contribution in [0.2, 0.25) is 0 Å². The van der Waals surface area contributed by atoms with Gasteiger partial charge in [0, 0.05) is 38.8 Å². The highest BCUT2D eigenvalue weighted by Crippen LogP contribution is 2.11. The zero-order valence-corrected chi connectivity index (χ0v) is 11.6. The summed E-state index contributed by atoms with van der Waals surface area (Å²) in [7, 11) is 0. The second kappa shape index (κ2) is 6.17. The third kappa shape index (κ3) is 3.78. The quantitative estimate of drug-likeness (QED) is 0.779. The van der Waals surface area contributed by atoms with Crippen molar-refractivity contribution in [3.05, 3.63) is 35.4 Å². The Morgan fingerprint density at radius 3 is 2.32 bits per heavy atom. The first-order valence-corrected chi connectivity index (χ1v) is 6.79. The van der Waals surface area contributed by atoms with Gasteiger partial charge in [0.1, 0.15) is 0 Å². The lowest BCUT2D eigenvalue weighted by atomic mass is 10.1. The summed E-state index contributed by atoms with van der Waals surface area (Å²) in [5.74, 6) is -0.980. The van der Waals surface area contributed by atoms with Gasteiger partial charge in [0.25, 0.3) is 0 Å². The molecule has 0 aliphatic carbocycles. The summed E-state index contributed by atoms with van der Waals surface area (Å²) >= 11 is 0. The lowest BCUT2D eigenvalue weighted by molar-refractivity contribution is -0.311. The summed E-state index contributed by atoms with van der Waals surface area (Å²) < 4.78 is 0. The van der Waals surface area contributed by atoms with Crippen molar-refractivity contribution in [2.45, 2.75) is 26.4 Å². The van der Waals surface area contributed by atoms with Crippen LogP contribution in [0.1, 0.15) is 18.1 Å². The summed E-state index contributed by atoms with van der Waals surface area (Å²) in [6, 6.07) is 8.09. The van der Waals surface area contributed by atoms with Crippen LogP contribution < -0.4 is 5.11 Å². The maximum atomic E-state index is 10.8. The van der Waals surface area contributed by atoms with E-state index in [1.54, 1.807) is 6.92 Å². The van der Waals surface area contributed by atoms with Gasteiger partial charge in [0.05, 0.1) is 5.97 Å². The Morgan fingerprint density at radius 1 is 1.21 bits per heavy atom. The van der Waals surface area contributed by atoms with Gasteiger partial charge in [0.2, 0.25) is 0 Å². The number of nitrogens with zero attached hydrogens (tertiary/aromatic N) is 2. The molecule has 0 amide bonds. The Morgan fingerprint density at radius 2 is 1.79 bits per heavy atom. The van der Waals surface area contributed by atoms with Crippen LogP contribution in [-0.2, 0) is 11.3 Å². The Kier molecular flexibility index (Phi) is 4.56. The number of carboxylic acids is 1. The van der Waals surface area contributed by atoms with E-state index in [1.165, 1.54) is 11.1 Å². The van der Waals surface area contributed by atoms with Gasteiger partial charge in [-0.3, -0.25) is 9.80 Å². The molecule has 1 aromatic rings. The van der Waals surface area contributed by atoms with Crippen LogP contribution in [0.4, 0.5) is 0 Å². The van der Waals surface area contributed by atoms with Crippen LogP contribution in [-0.4, -0.2) is 48.0 Å². The van der Waals surface area contributed by atoms with E-state index in [0.717, 1.165) is 32.7 Å². The normalized spacial score (nSPS) is 19.3. The molecule has 0 saturated carbocycles. The molecule has 1 unspecified atom stereocenters. The number of rotatable bonds is 4. The van der Waals surface area contributed by atoms with E-state index < -0.39 is 12.0 Å². The third-order valence-electron chi connectivity index (χ3n) is 3.82. The van der Waals surface area contributed by atoms with Crippen LogP contribution >= 0.6 is 0 Å². The van der Waals surface area contributed by atoms with Crippen molar-refractivity contribution < 1.29 is 9.90 Å². The van der Waals surface area contributed by atoms with E-state index in [0.29, 0.717) is 0 Å². The van der Waals surface area contributed by atoms with Gasteiger partial charge in [-0.2, -0.15) is 0 Å². The number of carbonyl (C=O) groups excluding carboxylic acids is 1. The first-order chi connectivity index (χ1) is 9.06. The Labute approximate surface area is 114 Å². The SMILES string of the molecule is Cc1ccc(CN2CCN(C(C)C(=O)[O-])CC2)cc1. The number of benzene rings is 1. The zero-order valence-electron chi connectivity index (χ0n) is 11.6. The number of carboxylic acid groups (broad SMARTS) is 1. The summed E-state index contributed by atoms with van der Waals surface area (Å²) in [5, 5.41) is 10.8. The van der Waals surface area contributed by atoms with Crippen molar-refractivity contribution in [1.82, 2.24) is 9.80 Å². The lowest BCUT2D eigenvalue weighted by Gasteiger charge is -2.38.